The molecule has 28 heavy (non-hydrogen) atoms. The van der Waals surface area contributed by atoms with Gasteiger partial charge in [0, 0.05) is 34.6 Å². The van der Waals surface area contributed by atoms with Gasteiger partial charge in [0.2, 0.25) is 0 Å². The lowest BCUT2D eigenvalue weighted by Crippen LogP contribution is -2.37. The van der Waals surface area contributed by atoms with Crippen LogP contribution in [0.4, 0.5) is 10.5 Å². The first-order chi connectivity index (χ1) is 13.2. The van der Waals surface area contributed by atoms with Gasteiger partial charge in [-0.2, -0.15) is 0 Å². The van der Waals surface area contributed by atoms with E-state index in [1.165, 1.54) is 11.8 Å². The number of nitrogens with one attached hydrogen (secondary N) is 1. The number of benzene rings is 1. The molecule has 1 atom stereocenters. The maximum absolute atomic E-state index is 12.4. The van der Waals surface area contributed by atoms with Crippen LogP contribution in [0.5, 0.6) is 0 Å². The number of carbonyl (C=O) groups is 1. The molecule has 0 aliphatic heterocycles. The van der Waals surface area contributed by atoms with Crippen LogP contribution in [0.1, 0.15) is 31.4 Å². The van der Waals surface area contributed by atoms with E-state index in [-0.39, 0.29) is 12.1 Å². The fourth-order valence-electron chi connectivity index (χ4n) is 2.27. The van der Waals surface area contributed by atoms with Crippen LogP contribution in [0, 0.1) is 25.7 Å². The molecule has 4 nitrogen and oxygen atoms in total. The summed E-state index contributed by atoms with van der Waals surface area (Å²) in [6, 6.07) is 7.18. The Bertz CT molecular complexity index is 914. The summed E-state index contributed by atoms with van der Waals surface area (Å²) < 4.78 is 0. The first-order valence-electron chi connectivity index (χ1n) is 8.86. The monoisotopic (exact) mass is 435 g/mol. The second kappa shape index (κ2) is 10.1. The second-order valence-corrected chi connectivity index (χ2v) is 8.16. The van der Waals surface area contributed by atoms with Crippen molar-refractivity contribution in [1.82, 2.24) is 9.88 Å². The summed E-state index contributed by atoms with van der Waals surface area (Å²) in [5, 5.41) is 4.63. The third-order valence-electron chi connectivity index (χ3n) is 4.16. The summed E-state index contributed by atoms with van der Waals surface area (Å²) in [5.74, 6) is 6.04. The average molecular weight is 436 g/mol. The smallest absolute Gasteiger partial charge is 0.314 e. The SMILES string of the molecule is CCC#CC(C)N(C)C(=O)Nc1ccc(Sc2cc(Cl)c(C)c(Cl)n2)c(C)c1. The van der Waals surface area contributed by atoms with Crippen LogP contribution in [-0.2, 0) is 0 Å². The van der Waals surface area contributed by atoms with Gasteiger partial charge >= 0.3 is 6.03 Å². The quantitative estimate of drug-likeness (QED) is 0.444. The van der Waals surface area contributed by atoms with Crippen molar-refractivity contribution in [2.24, 2.45) is 0 Å². The standard InChI is InChI=1S/C21H23Cl2N3OS/c1-6-7-8-14(3)26(5)21(27)24-16-9-10-18(13(2)11-16)28-19-12-17(22)15(4)20(23)25-19/h9-12,14H,6H2,1-5H3,(H,24,27). The van der Waals surface area contributed by atoms with E-state index in [4.69, 9.17) is 23.2 Å². The summed E-state index contributed by atoms with van der Waals surface area (Å²) in [6.45, 7) is 7.70. The highest BCUT2D eigenvalue weighted by Crippen LogP contribution is 2.34. The molecule has 0 saturated carbocycles. The number of carbonyl (C=O) groups excluding carboxylic acids is 1. The van der Waals surface area contributed by atoms with E-state index in [1.54, 1.807) is 18.0 Å². The van der Waals surface area contributed by atoms with E-state index in [2.05, 4.69) is 22.1 Å². The molecule has 148 valence electrons. The Balaban J connectivity index is 2.11. The molecule has 0 aliphatic rings. The topological polar surface area (TPSA) is 45.2 Å². The fraction of sp³-hybridized carbons (Fsp3) is 0.333. The Morgan fingerprint density at radius 1 is 1.32 bits per heavy atom. The second-order valence-electron chi connectivity index (χ2n) is 6.33. The van der Waals surface area contributed by atoms with Gasteiger partial charge in [-0.1, -0.05) is 47.8 Å². The number of rotatable bonds is 4. The predicted molar refractivity (Wildman–Crippen MR) is 119 cm³/mol. The van der Waals surface area contributed by atoms with Gasteiger partial charge in [-0.25, -0.2) is 9.78 Å². The van der Waals surface area contributed by atoms with E-state index >= 15 is 0 Å². The van der Waals surface area contributed by atoms with Crippen LogP contribution in [0.25, 0.3) is 0 Å². The average Bonchev–Trinajstić information content (AvgIpc) is 2.65. The lowest BCUT2D eigenvalue weighted by molar-refractivity contribution is 0.217. The molecule has 1 heterocycles. The lowest BCUT2D eigenvalue weighted by Gasteiger charge is -2.21. The molecule has 1 unspecified atom stereocenters. The number of nitrogens with zero attached hydrogens (tertiary/aromatic N) is 2. The van der Waals surface area contributed by atoms with Crippen LogP contribution in [-0.4, -0.2) is 29.0 Å². The Hall–Kier alpha value is -1.87. The summed E-state index contributed by atoms with van der Waals surface area (Å²) in [5.41, 5.74) is 2.51. The van der Waals surface area contributed by atoms with E-state index < -0.39 is 0 Å². The normalized spacial score (nSPS) is 11.4. The molecule has 2 rings (SSSR count). The van der Waals surface area contributed by atoms with Gasteiger partial charge in [0.15, 0.2) is 0 Å². The first kappa shape index (κ1) is 22.4. The summed E-state index contributed by atoms with van der Waals surface area (Å²) in [6.07, 6.45) is 0.768. The molecule has 0 bridgehead atoms. The Kier molecular flexibility index (Phi) is 8.06. The summed E-state index contributed by atoms with van der Waals surface area (Å²) in [7, 11) is 1.73. The van der Waals surface area contributed by atoms with Gasteiger partial charge in [0.25, 0.3) is 0 Å². The highest BCUT2D eigenvalue weighted by atomic mass is 35.5. The third-order valence-corrected chi connectivity index (χ3v) is 6.01. The Morgan fingerprint density at radius 2 is 2.04 bits per heavy atom. The summed E-state index contributed by atoms with van der Waals surface area (Å²) in [4.78, 5) is 19.4. The Labute approximate surface area is 181 Å². The highest BCUT2D eigenvalue weighted by Gasteiger charge is 2.14. The van der Waals surface area contributed by atoms with Crippen molar-refractivity contribution in [3.05, 3.63) is 45.6 Å². The molecule has 0 radical (unpaired) electrons. The number of aromatic nitrogens is 1. The molecule has 0 spiro atoms. The summed E-state index contributed by atoms with van der Waals surface area (Å²) >= 11 is 13.8. The number of pyridine rings is 1. The maximum Gasteiger partial charge on any atom is 0.322 e. The van der Waals surface area contributed by atoms with Crippen molar-refractivity contribution in [3.63, 3.8) is 0 Å². The largest absolute Gasteiger partial charge is 0.322 e. The Morgan fingerprint density at radius 3 is 2.64 bits per heavy atom. The van der Waals surface area contributed by atoms with Crippen LogP contribution in [0.2, 0.25) is 10.2 Å². The van der Waals surface area contributed by atoms with Crippen molar-refractivity contribution in [3.8, 4) is 11.8 Å². The lowest BCUT2D eigenvalue weighted by atomic mass is 10.2. The number of hydrogen-bond acceptors (Lipinski definition) is 3. The molecule has 0 fully saturated rings. The third kappa shape index (κ3) is 5.81. The zero-order valence-corrected chi connectivity index (χ0v) is 18.9. The van der Waals surface area contributed by atoms with Crippen molar-refractivity contribution in [1.29, 1.82) is 0 Å². The zero-order chi connectivity index (χ0) is 20.8. The minimum absolute atomic E-state index is 0.155. The van der Waals surface area contributed by atoms with Gasteiger partial charge in [-0.3, -0.25) is 0 Å². The van der Waals surface area contributed by atoms with Crippen molar-refractivity contribution in [2.75, 3.05) is 12.4 Å². The molecular formula is C21H23Cl2N3OS. The number of hydrogen-bond donors (Lipinski definition) is 1. The minimum Gasteiger partial charge on any atom is -0.314 e. The maximum atomic E-state index is 12.4. The molecule has 1 aromatic carbocycles. The molecule has 2 amide bonds. The number of amides is 2. The number of halogens is 2. The van der Waals surface area contributed by atoms with Gasteiger partial charge < -0.3 is 10.2 Å². The van der Waals surface area contributed by atoms with Gasteiger partial charge in [0.1, 0.15) is 10.2 Å². The van der Waals surface area contributed by atoms with Crippen LogP contribution < -0.4 is 5.32 Å². The van der Waals surface area contributed by atoms with E-state index in [0.29, 0.717) is 10.2 Å². The zero-order valence-electron chi connectivity index (χ0n) is 16.6. The number of anilines is 1. The molecule has 1 aromatic heterocycles. The first-order valence-corrected chi connectivity index (χ1v) is 10.4. The predicted octanol–water partition coefficient (Wildman–Crippen LogP) is 6.42. The molecule has 0 saturated heterocycles. The number of urea groups is 1. The number of aryl methyl sites for hydroxylation is 1. The molecule has 1 N–H and O–H groups in total. The van der Waals surface area contributed by atoms with Crippen LogP contribution in [0.15, 0.2) is 34.2 Å². The molecular weight excluding hydrogens is 413 g/mol. The van der Waals surface area contributed by atoms with E-state index in [1.807, 2.05) is 45.9 Å². The van der Waals surface area contributed by atoms with Gasteiger partial charge in [0.05, 0.1) is 6.04 Å². The van der Waals surface area contributed by atoms with Crippen LogP contribution >= 0.6 is 35.0 Å². The molecule has 2 aromatic rings. The van der Waals surface area contributed by atoms with Crippen molar-refractivity contribution < 1.29 is 4.79 Å². The molecule has 7 heteroatoms. The van der Waals surface area contributed by atoms with Gasteiger partial charge in [-0.05, 0) is 50.6 Å². The molecule has 0 aliphatic carbocycles. The van der Waals surface area contributed by atoms with Crippen LogP contribution in [0.3, 0.4) is 0 Å². The van der Waals surface area contributed by atoms with E-state index in [9.17, 15) is 4.79 Å². The van der Waals surface area contributed by atoms with Gasteiger partial charge in [-0.15, -0.1) is 5.92 Å². The highest BCUT2D eigenvalue weighted by molar-refractivity contribution is 7.99. The van der Waals surface area contributed by atoms with E-state index in [0.717, 1.165) is 33.2 Å². The van der Waals surface area contributed by atoms with Crippen molar-refractivity contribution in [2.45, 2.75) is 50.1 Å². The minimum atomic E-state index is -0.198. The van der Waals surface area contributed by atoms with Crippen molar-refractivity contribution >= 4 is 46.7 Å². The fourth-order valence-corrected chi connectivity index (χ4v) is 3.71.